The van der Waals surface area contributed by atoms with Crippen LogP contribution in [0, 0.1) is 17.2 Å². The second kappa shape index (κ2) is 6.35. The lowest BCUT2D eigenvalue weighted by Crippen LogP contribution is -2.25. The van der Waals surface area contributed by atoms with Crippen molar-refractivity contribution in [2.45, 2.75) is 38.0 Å². The van der Waals surface area contributed by atoms with Gasteiger partial charge in [-0.25, -0.2) is 0 Å². The molecular formula is C15H17F3N2O. The number of hydrogen-bond acceptors (Lipinski definition) is 3. The molecule has 0 saturated heterocycles. The number of aliphatic hydroxyl groups is 1. The maximum Gasteiger partial charge on any atom is 0.416 e. The minimum absolute atomic E-state index is 0.0128. The first kappa shape index (κ1) is 15.6. The van der Waals surface area contributed by atoms with Crippen LogP contribution in [0.2, 0.25) is 0 Å². The predicted octanol–water partition coefficient (Wildman–Crippen LogP) is 3.54. The first-order valence-electron chi connectivity index (χ1n) is 6.93. The number of nitrogens with one attached hydrogen (secondary N) is 1. The number of nitriles is 1. The number of anilines is 1. The van der Waals surface area contributed by atoms with E-state index in [9.17, 15) is 18.3 Å². The van der Waals surface area contributed by atoms with Crippen molar-refractivity contribution in [3.63, 3.8) is 0 Å². The van der Waals surface area contributed by atoms with Gasteiger partial charge in [-0.3, -0.25) is 0 Å². The molecule has 0 aromatic heterocycles. The summed E-state index contributed by atoms with van der Waals surface area (Å²) in [6, 6.07) is 4.92. The molecule has 1 aliphatic rings. The van der Waals surface area contributed by atoms with E-state index in [1.54, 1.807) is 6.07 Å². The Morgan fingerprint density at radius 2 is 2.10 bits per heavy atom. The van der Waals surface area contributed by atoms with Gasteiger partial charge in [-0.2, -0.15) is 18.4 Å². The van der Waals surface area contributed by atoms with Crippen LogP contribution in [-0.2, 0) is 6.18 Å². The quantitative estimate of drug-likeness (QED) is 0.897. The molecule has 3 nitrogen and oxygen atoms in total. The number of alkyl halides is 3. The van der Waals surface area contributed by atoms with Gasteiger partial charge >= 0.3 is 6.18 Å². The molecule has 2 atom stereocenters. The van der Waals surface area contributed by atoms with Gasteiger partial charge in [-0.05, 0) is 43.4 Å². The molecule has 0 amide bonds. The van der Waals surface area contributed by atoms with E-state index in [0.29, 0.717) is 18.7 Å². The molecule has 1 aliphatic carbocycles. The third-order valence-electron chi connectivity index (χ3n) is 3.80. The molecule has 1 aromatic carbocycles. The molecule has 1 saturated carbocycles. The van der Waals surface area contributed by atoms with Crippen LogP contribution in [0.25, 0.3) is 0 Å². The van der Waals surface area contributed by atoms with Crippen LogP contribution in [0.4, 0.5) is 18.9 Å². The van der Waals surface area contributed by atoms with Gasteiger partial charge in [0, 0.05) is 6.54 Å². The summed E-state index contributed by atoms with van der Waals surface area (Å²) in [6.45, 7) is 0.553. The van der Waals surface area contributed by atoms with Crippen LogP contribution >= 0.6 is 0 Å². The van der Waals surface area contributed by atoms with Crippen molar-refractivity contribution in [1.29, 1.82) is 5.26 Å². The van der Waals surface area contributed by atoms with Crippen molar-refractivity contribution in [2.24, 2.45) is 5.92 Å². The van der Waals surface area contributed by atoms with E-state index in [1.165, 1.54) is 6.07 Å². The molecule has 21 heavy (non-hydrogen) atoms. The van der Waals surface area contributed by atoms with E-state index < -0.39 is 11.7 Å². The lowest BCUT2D eigenvalue weighted by molar-refractivity contribution is -0.137. The molecule has 2 N–H and O–H groups in total. The van der Waals surface area contributed by atoms with Crippen LogP contribution in [0.1, 0.15) is 36.8 Å². The SMILES string of the molecule is N#Cc1cc(C(F)(F)F)ccc1NCC1CCCC(O)C1. The van der Waals surface area contributed by atoms with Gasteiger partial charge < -0.3 is 10.4 Å². The molecule has 0 aliphatic heterocycles. The van der Waals surface area contributed by atoms with Gasteiger partial charge in [0.1, 0.15) is 6.07 Å². The van der Waals surface area contributed by atoms with Gasteiger partial charge in [0.15, 0.2) is 0 Å². The Hall–Kier alpha value is -1.74. The lowest BCUT2D eigenvalue weighted by atomic mass is 9.87. The molecule has 2 unspecified atom stereocenters. The Balaban J connectivity index is 2.05. The van der Waals surface area contributed by atoms with Crippen LogP contribution < -0.4 is 5.32 Å². The van der Waals surface area contributed by atoms with E-state index in [1.807, 2.05) is 0 Å². The maximum atomic E-state index is 12.6. The molecule has 6 heteroatoms. The highest BCUT2D eigenvalue weighted by atomic mass is 19.4. The molecule has 0 spiro atoms. The van der Waals surface area contributed by atoms with Crippen molar-refractivity contribution in [1.82, 2.24) is 0 Å². The zero-order chi connectivity index (χ0) is 15.5. The number of rotatable bonds is 3. The highest BCUT2D eigenvalue weighted by molar-refractivity contribution is 5.59. The van der Waals surface area contributed by atoms with Gasteiger partial charge in [-0.1, -0.05) is 6.42 Å². The second-order valence-electron chi connectivity index (χ2n) is 5.44. The van der Waals surface area contributed by atoms with Gasteiger partial charge in [-0.15, -0.1) is 0 Å². The smallest absolute Gasteiger partial charge is 0.393 e. The van der Waals surface area contributed by atoms with Gasteiger partial charge in [0.05, 0.1) is 22.9 Å². The third kappa shape index (κ3) is 4.11. The molecule has 0 heterocycles. The maximum absolute atomic E-state index is 12.6. The summed E-state index contributed by atoms with van der Waals surface area (Å²) in [5, 5.41) is 21.6. The number of aliphatic hydroxyl groups excluding tert-OH is 1. The van der Waals surface area contributed by atoms with E-state index in [0.717, 1.165) is 31.4 Å². The van der Waals surface area contributed by atoms with E-state index in [2.05, 4.69) is 5.32 Å². The van der Waals surface area contributed by atoms with Gasteiger partial charge in [0.25, 0.3) is 0 Å². The molecule has 1 aromatic rings. The first-order chi connectivity index (χ1) is 9.90. The number of nitrogens with zero attached hydrogens (tertiary/aromatic N) is 1. The van der Waals surface area contributed by atoms with Crippen molar-refractivity contribution < 1.29 is 18.3 Å². The Morgan fingerprint density at radius 1 is 1.33 bits per heavy atom. The first-order valence-corrected chi connectivity index (χ1v) is 6.93. The Bertz CT molecular complexity index is 537. The molecule has 0 radical (unpaired) electrons. The number of hydrogen-bond donors (Lipinski definition) is 2. The lowest BCUT2D eigenvalue weighted by Gasteiger charge is -2.26. The Labute approximate surface area is 121 Å². The minimum atomic E-state index is -4.45. The fraction of sp³-hybridized carbons (Fsp3) is 0.533. The zero-order valence-electron chi connectivity index (χ0n) is 11.5. The summed E-state index contributed by atoms with van der Waals surface area (Å²) < 4.78 is 37.8. The second-order valence-corrected chi connectivity index (χ2v) is 5.44. The van der Waals surface area contributed by atoms with E-state index in [-0.39, 0.29) is 17.6 Å². The Morgan fingerprint density at radius 3 is 2.71 bits per heavy atom. The van der Waals surface area contributed by atoms with E-state index >= 15 is 0 Å². The molecule has 0 bridgehead atoms. The van der Waals surface area contributed by atoms with Crippen molar-refractivity contribution >= 4 is 5.69 Å². The van der Waals surface area contributed by atoms with Crippen LogP contribution in [0.15, 0.2) is 18.2 Å². The van der Waals surface area contributed by atoms with Crippen molar-refractivity contribution in [2.75, 3.05) is 11.9 Å². The fourth-order valence-electron chi connectivity index (χ4n) is 2.67. The summed E-state index contributed by atoms with van der Waals surface area (Å²) in [5.41, 5.74) is -0.426. The molecule has 1 fully saturated rings. The van der Waals surface area contributed by atoms with Gasteiger partial charge in [0.2, 0.25) is 0 Å². The summed E-state index contributed by atoms with van der Waals surface area (Å²) in [6.07, 6.45) is -1.32. The monoisotopic (exact) mass is 298 g/mol. The summed E-state index contributed by atoms with van der Waals surface area (Å²) in [4.78, 5) is 0. The fourth-order valence-corrected chi connectivity index (χ4v) is 2.67. The summed E-state index contributed by atoms with van der Waals surface area (Å²) in [7, 11) is 0. The average molecular weight is 298 g/mol. The van der Waals surface area contributed by atoms with Crippen molar-refractivity contribution in [3.8, 4) is 6.07 Å². The minimum Gasteiger partial charge on any atom is -0.393 e. The average Bonchev–Trinajstić information content (AvgIpc) is 2.44. The largest absolute Gasteiger partial charge is 0.416 e. The standard InChI is InChI=1S/C15H17F3N2O/c16-15(17,18)12-4-5-14(11(7-12)8-19)20-9-10-2-1-3-13(21)6-10/h4-5,7,10,13,20-21H,1-3,6,9H2. The highest BCUT2D eigenvalue weighted by Gasteiger charge is 2.31. The summed E-state index contributed by atoms with van der Waals surface area (Å²) in [5.74, 6) is 0.280. The van der Waals surface area contributed by atoms with E-state index in [4.69, 9.17) is 5.26 Å². The molecule has 114 valence electrons. The molecule has 2 rings (SSSR count). The predicted molar refractivity (Wildman–Crippen MR) is 72.6 cm³/mol. The summed E-state index contributed by atoms with van der Waals surface area (Å²) >= 11 is 0. The normalized spacial score (nSPS) is 22.6. The van der Waals surface area contributed by atoms with Crippen molar-refractivity contribution in [3.05, 3.63) is 29.3 Å². The highest BCUT2D eigenvalue weighted by Crippen LogP contribution is 2.32. The zero-order valence-corrected chi connectivity index (χ0v) is 11.5. The van der Waals surface area contributed by atoms with Crippen LogP contribution in [0.5, 0.6) is 0 Å². The molecular weight excluding hydrogens is 281 g/mol. The Kier molecular flexibility index (Phi) is 4.73. The topological polar surface area (TPSA) is 56.0 Å². The van der Waals surface area contributed by atoms with Crippen LogP contribution in [-0.4, -0.2) is 17.8 Å². The third-order valence-corrected chi connectivity index (χ3v) is 3.80. The number of halogens is 3. The number of benzene rings is 1. The van der Waals surface area contributed by atoms with Crippen LogP contribution in [0.3, 0.4) is 0 Å².